The highest BCUT2D eigenvalue weighted by atomic mass is 32.2. The van der Waals surface area contributed by atoms with E-state index in [9.17, 15) is 13.2 Å². The Morgan fingerprint density at radius 1 is 1.10 bits per heavy atom. The number of hydrogen-bond acceptors (Lipinski definition) is 6. The Kier molecular flexibility index (Phi) is 8.13. The van der Waals surface area contributed by atoms with Crippen molar-refractivity contribution in [2.24, 2.45) is 0 Å². The first kappa shape index (κ1) is 23.3. The van der Waals surface area contributed by atoms with Gasteiger partial charge in [-0.15, -0.1) is 0 Å². The predicted molar refractivity (Wildman–Crippen MR) is 116 cm³/mol. The molecule has 0 saturated carbocycles. The Morgan fingerprint density at radius 3 is 2.34 bits per heavy atom. The van der Waals surface area contributed by atoms with Crippen molar-refractivity contribution in [2.45, 2.75) is 37.5 Å². The van der Waals surface area contributed by atoms with E-state index >= 15 is 0 Å². The molecule has 0 amide bonds. The first-order chi connectivity index (χ1) is 13.7. The third-order valence-electron chi connectivity index (χ3n) is 4.65. The maximum Gasteiger partial charge on any atom is 0.324 e. The van der Waals surface area contributed by atoms with Crippen LogP contribution in [-0.2, 0) is 25.3 Å². The molecule has 2 rings (SSSR count). The summed E-state index contributed by atoms with van der Waals surface area (Å²) in [5.74, 6) is 0.931. The smallest absolute Gasteiger partial charge is 0.324 e. The summed E-state index contributed by atoms with van der Waals surface area (Å²) < 4.78 is 38.9. The van der Waals surface area contributed by atoms with E-state index in [2.05, 4.69) is 4.72 Å². The molecule has 2 aromatic rings. The highest BCUT2D eigenvalue weighted by molar-refractivity contribution is 7.98. The molecule has 0 fully saturated rings. The van der Waals surface area contributed by atoms with Gasteiger partial charge in [0.15, 0.2) is 0 Å². The molecule has 1 N–H and O–H groups in total. The number of carbonyl (C=O) groups is 1. The van der Waals surface area contributed by atoms with Crippen molar-refractivity contribution in [3.63, 3.8) is 0 Å². The van der Waals surface area contributed by atoms with Gasteiger partial charge >= 0.3 is 5.97 Å². The minimum Gasteiger partial charge on any atom is -0.496 e. The third kappa shape index (κ3) is 5.74. The Morgan fingerprint density at radius 2 is 1.76 bits per heavy atom. The van der Waals surface area contributed by atoms with Gasteiger partial charge in [-0.3, -0.25) is 4.79 Å². The molecule has 6 nitrogen and oxygen atoms in total. The van der Waals surface area contributed by atoms with E-state index in [0.29, 0.717) is 22.6 Å². The second-order valence-corrected chi connectivity index (χ2v) is 9.35. The number of nitrogens with one attached hydrogen (secondary N) is 1. The lowest BCUT2D eigenvalue weighted by Gasteiger charge is -2.20. The van der Waals surface area contributed by atoms with Gasteiger partial charge in [-0.1, -0.05) is 30.3 Å². The van der Waals surface area contributed by atoms with Crippen molar-refractivity contribution >= 4 is 27.8 Å². The number of ether oxygens (including phenoxy) is 2. The molecule has 0 saturated heterocycles. The van der Waals surface area contributed by atoms with Gasteiger partial charge in [0.25, 0.3) is 0 Å². The molecule has 0 heterocycles. The molecular weight excluding hydrogens is 410 g/mol. The van der Waals surface area contributed by atoms with Crippen molar-refractivity contribution in [1.82, 2.24) is 4.72 Å². The lowest BCUT2D eigenvalue weighted by atomic mass is 10.1. The van der Waals surface area contributed by atoms with Crippen LogP contribution in [0, 0.1) is 20.8 Å². The lowest BCUT2D eigenvalue weighted by Crippen LogP contribution is -2.43. The van der Waals surface area contributed by atoms with Crippen molar-refractivity contribution in [3.05, 3.63) is 58.7 Å². The molecular formula is C21H27NO5S2. The van der Waals surface area contributed by atoms with Gasteiger partial charge in [0, 0.05) is 11.5 Å². The first-order valence-electron chi connectivity index (χ1n) is 9.07. The summed E-state index contributed by atoms with van der Waals surface area (Å²) in [4.78, 5) is 12.4. The molecule has 0 aliphatic rings. The van der Waals surface area contributed by atoms with Crippen LogP contribution in [0.15, 0.2) is 41.3 Å². The maximum atomic E-state index is 13.1. The Labute approximate surface area is 177 Å². The molecule has 29 heavy (non-hydrogen) atoms. The van der Waals surface area contributed by atoms with Crippen molar-refractivity contribution in [1.29, 1.82) is 0 Å². The maximum absolute atomic E-state index is 13.1. The fourth-order valence-electron chi connectivity index (χ4n) is 3.05. The van der Waals surface area contributed by atoms with Gasteiger partial charge in [0.1, 0.15) is 11.8 Å². The van der Waals surface area contributed by atoms with Crippen LogP contribution in [0.2, 0.25) is 0 Å². The van der Waals surface area contributed by atoms with Crippen molar-refractivity contribution < 1.29 is 22.7 Å². The number of methoxy groups -OCH3 is 2. The summed E-state index contributed by atoms with van der Waals surface area (Å²) in [6.07, 6.45) is 0. The largest absolute Gasteiger partial charge is 0.496 e. The monoisotopic (exact) mass is 437 g/mol. The first-order valence-corrected chi connectivity index (χ1v) is 11.7. The molecule has 0 radical (unpaired) electrons. The number of carbonyl (C=O) groups excluding carboxylic acids is 1. The van der Waals surface area contributed by atoms with Gasteiger partial charge in [0.2, 0.25) is 10.0 Å². The van der Waals surface area contributed by atoms with E-state index in [1.807, 2.05) is 30.3 Å². The molecule has 8 heteroatoms. The summed E-state index contributed by atoms with van der Waals surface area (Å²) in [6, 6.07) is 10.5. The summed E-state index contributed by atoms with van der Waals surface area (Å²) in [5.41, 5.74) is 2.99. The molecule has 2 aromatic carbocycles. The van der Waals surface area contributed by atoms with E-state index in [1.165, 1.54) is 18.9 Å². The minimum atomic E-state index is -3.94. The molecule has 0 bridgehead atoms. The molecule has 158 valence electrons. The number of benzene rings is 2. The fourth-order valence-corrected chi connectivity index (χ4v) is 5.87. The highest BCUT2D eigenvalue weighted by Crippen LogP contribution is 2.30. The predicted octanol–water partition coefficient (Wildman–Crippen LogP) is 3.37. The zero-order chi connectivity index (χ0) is 21.6. The summed E-state index contributed by atoms with van der Waals surface area (Å²) >= 11 is 1.46. The zero-order valence-corrected chi connectivity index (χ0v) is 18.9. The lowest BCUT2D eigenvalue weighted by molar-refractivity contribution is -0.141. The van der Waals surface area contributed by atoms with Crippen LogP contribution >= 0.6 is 11.8 Å². The number of aryl methyl sites for hydroxylation is 1. The van der Waals surface area contributed by atoms with Crippen LogP contribution in [0.5, 0.6) is 5.75 Å². The quantitative estimate of drug-likeness (QED) is 0.606. The summed E-state index contributed by atoms with van der Waals surface area (Å²) in [6.45, 7) is 5.25. The van der Waals surface area contributed by atoms with Gasteiger partial charge in [-0.2, -0.15) is 16.5 Å². The zero-order valence-electron chi connectivity index (χ0n) is 17.3. The van der Waals surface area contributed by atoms with Crippen molar-refractivity contribution in [2.75, 3.05) is 20.0 Å². The molecule has 1 atom stereocenters. The van der Waals surface area contributed by atoms with Crippen LogP contribution in [0.1, 0.15) is 22.3 Å². The molecule has 0 aliphatic carbocycles. The molecule has 0 aromatic heterocycles. The SMILES string of the molecule is COC(=O)C(CSCc1ccccc1)NS(=O)(=O)c1c(C)cc(OC)c(C)c1C. The second-order valence-electron chi connectivity index (χ2n) is 6.67. The number of hydrogen-bond donors (Lipinski definition) is 1. The summed E-state index contributed by atoms with van der Waals surface area (Å²) in [5, 5.41) is 0. The number of esters is 1. The summed E-state index contributed by atoms with van der Waals surface area (Å²) in [7, 11) is -1.14. The minimum absolute atomic E-state index is 0.165. The van der Waals surface area contributed by atoms with E-state index < -0.39 is 22.0 Å². The molecule has 0 spiro atoms. The Hall–Kier alpha value is -2.03. The Bertz CT molecular complexity index is 959. The highest BCUT2D eigenvalue weighted by Gasteiger charge is 2.29. The average Bonchev–Trinajstić information content (AvgIpc) is 2.69. The van der Waals surface area contributed by atoms with Gasteiger partial charge in [-0.25, -0.2) is 8.42 Å². The van der Waals surface area contributed by atoms with E-state index in [1.54, 1.807) is 33.9 Å². The van der Waals surface area contributed by atoms with Gasteiger partial charge in [0.05, 0.1) is 19.1 Å². The average molecular weight is 438 g/mol. The third-order valence-corrected chi connectivity index (χ3v) is 7.51. The van der Waals surface area contributed by atoms with Crippen LogP contribution in [0.3, 0.4) is 0 Å². The van der Waals surface area contributed by atoms with E-state index in [0.717, 1.165) is 11.1 Å². The Balaban J connectivity index is 2.23. The van der Waals surface area contributed by atoms with Crippen LogP contribution < -0.4 is 9.46 Å². The van der Waals surface area contributed by atoms with Crippen LogP contribution in [-0.4, -0.2) is 40.4 Å². The van der Waals surface area contributed by atoms with Crippen LogP contribution in [0.25, 0.3) is 0 Å². The van der Waals surface area contributed by atoms with Crippen LogP contribution in [0.4, 0.5) is 0 Å². The normalized spacial score (nSPS) is 12.4. The van der Waals surface area contributed by atoms with E-state index in [4.69, 9.17) is 9.47 Å². The topological polar surface area (TPSA) is 81.7 Å². The standard InChI is InChI=1S/C21H27NO5S2/c1-14-11-19(26-4)15(2)16(3)20(14)29(24,25)22-18(21(23)27-5)13-28-12-17-9-7-6-8-10-17/h6-11,18,22H,12-13H2,1-5H3. The van der Waals surface area contributed by atoms with Crippen molar-refractivity contribution in [3.8, 4) is 5.75 Å². The fraction of sp³-hybridized carbons (Fsp3) is 0.381. The number of thioether (sulfide) groups is 1. The van der Waals surface area contributed by atoms with E-state index in [-0.39, 0.29) is 10.6 Å². The second kappa shape index (κ2) is 10.1. The van der Waals surface area contributed by atoms with Gasteiger partial charge < -0.3 is 9.47 Å². The number of rotatable bonds is 9. The number of sulfonamides is 1. The van der Waals surface area contributed by atoms with Gasteiger partial charge in [-0.05, 0) is 49.1 Å². The molecule has 1 unspecified atom stereocenters. The molecule has 0 aliphatic heterocycles.